The molecule has 0 spiro atoms. The zero-order valence-electron chi connectivity index (χ0n) is 16.5. The van der Waals surface area contributed by atoms with Crippen LogP contribution in [-0.2, 0) is 16.1 Å². The molecule has 1 saturated heterocycles. The van der Waals surface area contributed by atoms with Crippen molar-refractivity contribution in [3.05, 3.63) is 48.6 Å². The van der Waals surface area contributed by atoms with Gasteiger partial charge in [0.15, 0.2) is 0 Å². The number of benzene rings is 1. The van der Waals surface area contributed by atoms with Crippen molar-refractivity contribution >= 4 is 8.07 Å². The highest BCUT2D eigenvalue weighted by Gasteiger charge is 2.88. The average Bonchev–Trinajstić information content (AvgIpc) is 3.42. The summed E-state index contributed by atoms with van der Waals surface area (Å²) in [6, 6.07) is 11.4. The Kier molecular flexibility index (Phi) is 4.09. The van der Waals surface area contributed by atoms with Crippen LogP contribution < -0.4 is 0 Å². The minimum Gasteiger partial charge on any atom is -0.390 e. The Morgan fingerprint density at radius 2 is 2.00 bits per heavy atom. The molecule has 3 aliphatic rings. The van der Waals surface area contributed by atoms with Crippen molar-refractivity contribution < 1.29 is 14.6 Å². The molecule has 1 aromatic carbocycles. The second-order valence-electron chi connectivity index (χ2n) is 9.62. The van der Waals surface area contributed by atoms with Gasteiger partial charge in [-0.1, -0.05) is 56.4 Å². The summed E-state index contributed by atoms with van der Waals surface area (Å²) in [5, 5.41) is 11.4. The predicted molar refractivity (Wildman–Crippen MR) is 107 cm³/mol. The van der Waals surface area contributed by atoms with Crippen molar-refractivity contribution in [2.45, 2.75) is 68.9 Å². The van der Waals surface area contributed by atoms with Crippen molar-refractivity contribution in [2.24, 2.45) is 11.3 Å². The van der Waals surface area contributed by atoms with Gasteiger partial charge in [0.05, 0.1) is 33.5 Å². The fourth-order valence-corrected chi connectivity index (χ4v) is 11.7. The van der Waals surface area contributed by atoms with Gasteiger partial charge in [0.1, 0.15) is 5.60 Å². The fraction of sp³-hybridized carbons (Fsp3) is 0.636. The lowest BCUT2D eigenvalue weighted by Crippen LogP contribution is -2.52. The summed E-state index contributed by atoms with van der Waals surface area (Å²) in [7, 11) is -1.77. The molecule has 0 radical (unpaired) electrons. The lowest BCUT2D eigenvalue weighted by Gasteiger charge is -2.43. The Morgan fingerprint density at radius 1 is 1.31 bits per heavy atom. The van der Waals surface area contributed by atoms with Crippen LogP contribution in [0.2, 0.25) is 24.2 Å². The highest BCUT2D eigenvalue weighted by atomic mass is 28.3. The van der Waals surface area contributed by atoms with Gasteiger partial charge in [-0.25, -0.2) is 0 Å². The highest BCUT2D eigenvalue weighted by molar-refractivity contribution is 6.82. The molecule has 0 amide bonds. The lowest BCUT2D eigenvalue weighted by atomic mass is 9.87. The molecule has 1 heterocycles. The second-order valence-corrected chi connectivity index (χ2v) is 14.6. The largest absolute Gasteiger partial charge is 0.390 e. The number of epoxide rings is 1. The number of ether oxygens (including phenoxy) is 2. The molecule has 1 aromatic rings. The number of aliphatic hydroxyl groups is 1. The monoisotopic (exact) mass is 372 g/mol. The number of hydrogen-bond acceptors (Lipinski definition) is 3. The Balaban J connectivity index is 1.58. The van der Waals surface area contributed by atoms with Crippen LogP contribution in [0.3, 0.4) is 0 Å². The first-order chi connectivity index (χ1) is 12.2. The summed E-state index contributed by atoms with van der Waals surface area (Å²) in [5.41, 5.74) is 0.883. The highest BCUT2D eigenvalue weighted by Crippen LogP contribution is 2.87. The van der Waals surface area contributed by atoms with E-state index in [-0.39, 0.29) is 22.2 Å². The molecular formula is C22H32O3Si. The van der Waals surface area contributed by atoms with Crippen LogP contribution in [0.4, 0.5) is 0 Å². The van der Waals surface area contributed by atoms with Crippen LogP contribution in [0.1, 0.15) is 25.8 Å². The number of allylic oxidation sites excluding steroid dienone is 1. The lowest BCUT2D eigenvalue weighted by molar-refractivity contribution is 0.0325. The molecule has 0 bridgehead atoms. The molecule has 2 unspecified atom stereocenters. The Morgan fingerprint density at radius 3 is 2.65 bits per heavy atom. The van der Waals surface area contributed by atoms with Gasteiger partial charge in [-0.2, -0.15) is 0 Å². The maximum atomic E-state index is 11.5. The van der Waals surface area contributed by atoms with E-state index in [4.69, 9.17) is 9.47 Å². The van der Waals surface area contributed by atoms with Gasteiger partial charge in [-0.05, 0) is 30.9 Å². The van der Waals surface area contributed by atoms with E-state index in [9.17, 15) is 5.11 Å². The molecule has 1 aliphatic heterocycles. The average molecular weight is 373 g/mol. The van der Waals surface area contributed by atoms with Crippen LogP contribution in [0.5, 0.6) is 0 Å². The molecule has 142 valence electrons. The second kappa shape index (κ2) is 5.78. The smallest absolute Gasteiger partial charge is 0.118 e. The van der Waals surface area contributed by atoms with E-state index in [0.717, 1.165) is 12.5 Å². The summed E-state index contributed by atoms with van der Waals surface area (Å²) in [4.78, 5) is 0. The quantitative estimate of drug-likeness (QED) is 0.438. The standard InChI is InChI=1S/C22H32O3Si/c1-6-12-26(4,5)22-17(13-18-21(3,25-18)19(22)23)20(22,2)15-24-14-16-10-8-7-9-11-16/h6-11,17-19,23H,1,12-15H2,2-5H3/t17?,18-,19+,20?,21-,22+/m0/s1. The van der Waals surface area contributed by atoms with Gasteiger partial charge in [0.2, 0.25) is 0 Å². The zero-order chi connectivity index (χ0) is 18.8. The number of fused-ring (bicyclic) bond motifs is 2. The van der Waals surface area contributed by atoms with Crippen LogP contribution in [-0.4, -0.2) is 37.6 Å². The third-order valence-corrected chi connectivity index (χ3v) is 12.6. The van der Waals surface area contributed by atoms with E-state index in [2.05, 4.69) is 51.7 Å². The third kappa shape index (κ3) is 2.22. The molecule has 4 heteroatoms. The van der Waals surface area contributed by atoms with Crippen LogP contribution >= 0.6 is 0 Å². The first kappa shape index (κ1) is 18.4. The van der Waals surface area contributed by atoms with Crippen molar-refractivity contribution in [3.8, 4) is 0 Å². The third-order valence-electron chi connectivity index (χ3n) is 7.87. The maximum Gasteiger partial charge on any atom is 0.118 e. The molecule has 2 saturated carbocycles. The first-order valence-electron chi connectivity index (χ1n) is 9.82. The Labute approximate surface area is 158 Å². The summed E-state index contributed by atoms with van der Waals surface area (Å²) in [6.45, 7) is 14.6. The molecule has 3 nitrogen and oxygen atoms in total. The van der Waals surface area contributed by atoms with Gasteiger partial charge in [-0.3, -0.25) is 0 Å². The Hall–Kier alpha value is -0.943. The molecule has 26 heavy (non-hydrogen) atoms. The van der Waals surface area contributed by atoms with E-state index in [1.54, 1.807) is 0 Å². The van der Waals surface area contributed by atoms with Crippen LogP contribution in [0.15, 0.2) is 43.0 Å². The van der Waals surface area contributed by atoms with E-state index in [1.807, 2.05) is 18.2 Å². The molecule has 1 N–H and O–H groups in total. The van der Waals surface area contributed by atoms with E-state index >= 15 is 0 Å². The zero-order valence-corrected chi connectivity index (χ0v) is 17.5. The van der Waals surface area contributed by atoms with Gasteiger partial charge >= 0.3 is 0 Å². The fourth-order valence-electron chi connectivity index (χ4n) is 6.54. The topological polar surface area (TPSA) is 42.0 Å². The van der Waals surface area contributed by atoms with Gasteiger partial charge in [0, 0.05) is 10.5 Å². The molecule has 6 atom stereocenters. The SMILES string of the molecule is C=CC[Si](C)(C)[C@]12C(C[C@@H]3O[C@]3(C)[C@H]1O)C2(C)COCc1ccccc1. The van der Waals surface area contributed by atoms with Gasteiger partial charge in [-0.15, -0.1) is 6.58 Å². The van der Waals surface area contributed by atoms with E-state index in [0.29, 0.717) is 19.1 Å². The number of hydrogen-bond donors (Lipinski definition) is 1. The molecule has 0 aromatic heterocycles. The summed E-state index contributed by atoms with van der Waals surface area (Å²) < 4.78 is 12.2. The molecule has 3 fully saturated rings. The minimum atomic E-state index is -1.77. The first-order valence-corrected chi connectivity index (χ1v) is 13.0. The van der Waals surface area contributed by atoms with E-state index in [1.165, 1.54) is 5.56 Å². The summed E-state index contributed by atoms with van der Waals surface area (Å²) >= 11 is 0. The van der Waals surface area contributed by atoms with Crippen molar-refractivity contribution in [1.82, 2.24) is 0 Å². The molecule has 2 aliphatic carbocycles. The van der Waals surface area contributed by atoms with Gasteiger partial charge in [0.25, 0.3) is 0 Å². The maximum absolute atomic E-state index is 11.5. The van der Waals surface area contributed by atoms with Crippen LogP contribution in [0.25, 0.3) is 0 Å². The Bertz CT molecular complexity index is 705. The predicted octanol–water partition coefficient (Wildman–Crippen LogP) is 4.40. The normalized spacial score (nSPS) is 43.3. The number of rotatable bonds is 7. The minimum absolute atomic E-state index is 0.0275. The summed E-state index contributed by atoms with van der Waals surface area (Å²) in [5.74, 6) is 0.489. The molecular weight excluding hydrogens is 340 g/mol. The number of aliphatic hydroxyl groups excluding tert-OH is 1. The van der Waals surface area contributed by atoms with Crippen molar-refractivity contribution in [2.75, 3.05) is 6.61 Å². The van der Waals surface area contributed by atoms with E-state index < -0.39 is 14.2 Å². The van der Waals surface area contributed by atoms with Gasteiger partial charge < -0.3 is 14.6 Å². The van der Waals surface area contributed by atoms with Crippen LogP contribution in [0, 0.1) is 11.3 Å². The summed E-state index contributed by atoms with van der Waals surface area (Å²) in [6.07, 6.45) is 2.94. The van der Waals surface area contributed by atoms with Crippen molar-refractivity contribution in [3.63, 3.8) is 0 Å². The van der Waals surface area contributed by atoms with Crippen molar-refractivity contribution in [1.29, 1.82) is 0 Å². The molecule has 4 rings (SSSR count).